The van der Waals surface area contributed by atoms with Gasteiger partial charge in [-0.05, 0) is 25.1 Å². The Kier molecular flexibility index (Phi) is 3.89. The number of methoxy groups -OCH3 is 1. The quantitative estimate of drug-likeness (QED) is 0.336. The molecule has 2 aromatic heterocycles. The number of nitrogen functional groups attached to an aromatic ring is 1. The summed E-state index contributed by atoms with van der Waals surface area (Å²) in [6.45, 7) is 2.43. The van der Waals surface area contributed by atoms with Gasteiger partial charge in [-0.2, -0.15) is 0 Å². The summed E-state index contributed by atoms with van der Waals surface area (Å²) in [5.74, 6) is 6.63. The molecule has 0 saturated heterocycles. The number of amides is 1. The molecular weight excluding hydrogens is 330 g/mol. The standard InChI is InChI=1S/C20H19N3O3/c1-12-18(20(24)22-21)16-10-17(25-2)14-7-3-4-8-15(14)19(16)23(12)11-13-6-5-9-26-13/h3-10H,11,21H2,1-2H3,(H,22,24). The first-order chi connectivity index (χ1) is 12.7. The van der Waals surface area contributed by atoms with E-state index >= 15 is 0 Å². The van der Waals surface area contributed by atoms with E-state index < -0.39 is 0 Å². The first kappa shape index (κ1) is 16.2. The van der Waals surface area contributed by atoms with E-state index in [4.69, 9.17) is 15.0 Å². The number of benzene rings is 2. The average Bonchev–Trinajstić information content (AvgIpc) is 3.27. The number of carbonyl (C=O) groups is 1. The number of rotatable bonds is 4. The largest absolute Gasteiger partial charge is 0.496 e. The Labute approximate surface area is 150 Å². The van der Waals surface area contributed by atoms with E-state index in [1.165, 1.54) is 0 Å². The number of fused-ring (bicyclic) bond motifs is 3. The van der Waals surface area contributed by atoms with Crippen LogP contribution in [0.4, 0.5) is 0 Å². The third-order valence-electron chi connectivity index (χ3n) is 4.76. The lowest BCUT2D eigenvalue weighted by Gasteiger charge is -2.11. The summed E-state index contributed by atoms with van der Waals surface area (Å²) >= 11 is 0. The topological polar surface area (TPSA) is 82.4 Å². The van der Waals surface area contributed by atoms with Crippen molar-refractivity contribution in [2.24, 2.45) is 5.84 Å². The Bertz CT molecular complexity index is 1110. The zero-order valence-electron chi connectivity index (χ0n) is 14.6. The van der Waals surface area contributed by atoms with Crippen LogP contribution in [0.2, 0.25) is 0 Å². The Morgan fingerprint density at radius 1 is 1.19 bits per heavy atom. The van der Waals surface area contributed by atoms with Crippen LogP contribution in [0, 0.1) is 6.92 Å². The minimum Gasteiger partial charge on any atom is -0.496 e. The zero-order valence-corrected chi connectivity index (χ0v) is 14.6. The highest BCUT2D eigenvalue weighted by molar-refractivity contribution is 6.17. The summed E-state index contributed by atoms with van der Waals surface area (Å²) in [6, 6.07) is 13.6. The van der Waals surface area contributed by atoms with E-state index in [1.54, 1.807) is 13.4 Å². The predicted molar refractivity (Wildman–Crippen MR) is 100 cm³/mol. The van der Waals surface area contributed by atoms with Gasteiger partial charge in [-0.25, -0.2) is 5.84 Å². The zero-order chi connectivity index (χ0) is 18.3. The van der Waals surface area contributed by atoms with Gasteiger partial charge in [-0.3, -0.25) is 10.2 Å². The third-order valence-corrected chi connectivity index (χ3v) is 4.76. The lowest BCUT2D eigenvalue weighted by molar-refractivity contribution is 0.0954. The first-order valence-electron chi connectivity index (χ1n) is 8.27. The molecule has 3 N–H and O–H groups in total. The molecule has 4 rings (SSSR count). The van der Waals surface area contributed by atoms with Crippen molar-refractivity contribution < 1.29 is 13.9 Å². The van der Waals surface area contributed by atoms with E-state index in [2.05, 4.69) is 9.99 Å². The maximum Gasteiger partial charge on any atom is 0.267 e. The van der Waals surface area contributed by atoms with Gasteiger partial charge < -0.3 is 13.7 Å². The van der Waals surface area contributed by atoms with Crippen LogP contribution in [0.1, 0.15) is 21.8 Å². The second-order valence-electron chi connectivity index (χ2n) is 6.12. The Hall–Kier alpha value is -3.25. The van der Waals surface area contributed by atoms with Gasteiger partial charge in [-0.1, -0.05) is 24.3 Å². The number of furan rings is 1. The lowest BCUT2D eigenvalue weighted by Crippen LogP contribution is -2.30. The molecule has 0 aliphatic heterocycles. The molecule has 1 amide bonds. The Morgan fingerprint density at radius 2 is 1.96 bits per heavy atom. The van der Waals surface area contributed by atoms with Crippen molar-refractivity contribution in [3.8, 4) is 5.75 Å². The molecule has 4 aromatic rings. The number of carbonyl (C=O) groups excluding carboxylic acids is 1. The molecule has 0 radical (unpaired) electrons. The van der Waals surface area contributed by atoms with Crippen molar-refractivity contribution in [3.05, 3.63) is 65.7 Å². The highest BCUT2D eigenvalue weighted by Gasteiger charge is 2.23. The Morgan fingerprint density at radius 3 is 2.62 bits per heavy atom. The molecule has 6 nitrogen and oxygen atoms in total. The molecule has 0 aliphatic rings. The highest BCUT2D eigenvalue weighted by atomic mass is 16.5. The van der Waals surface area contributed by atoms with Gasteiger partial charge in [0.25, 0.3) is 5.91 Å². The molecule has 0 unspecified atom stereocenters. The number of nitrogens with one attached hydrogen (secondary N) is 1. The maximum absolute atomic E-state index is 12.5. The van der Waals surface area contributed by atoms with E-state index in [0.29, 0.717) is 17.9 Å². The van der Waals surface area contributed by atoms with E-state index in [0.717, 1.165) is 33.1 Å². The van der Waals surface area contributed by atoms with Gasteiger partial charge in [0.1, 0.15) is 11.5 Å². The predicted octanol–water partition coefficient (Wildman–Crippen LogP) is 3.36. The monoisotopic (exact) mass is 349 g/mol. The molecule has 6 heteroatoms. The summed E-state index contributed by atoms with van der Waals surface area (Å²) in [4.78, 5) is 12.5. The number of nitrogens with zero attached hydrogens (tertiary/aromatic N) is 1. The molecule has 26 heavy (non-hydrogen) atoms. The number of hydrazine groups is 1. The minimum absolute atomic E-state index is 0.331. The molecule has 2 heterocycles. The Balaban J connectivity index is 2.13. The SMILES string of the molecule is COc1cc2c(C(=O)NN)c(C)n(Cc3ccco3)c2c2ccccc12. The van der Waals surface area contributed by atoms with Crippen molar-refractivity contribution in [2.75, 3.05) is 7.11 Å². The molecule has 0 saturated carbocycles. The molecular formula is C20H19N3O3. The van der Waals surface area contributed by atoms with Crippen LogP contribution in [-0.4, -0.2) is 17.6 Å². The fourth-order valence-corrected chi connectivity index (χ4v) is 3.59. The lowest BCUT2D eigenvalue weighted by atomic mass is 10.0. The van der Waals surface area contributed by atoms with Crippen LogP contribution in [-0.2, 0) is 6.54 Å². The van der Waals surface area contributed by atoms with Gasteiger partial charge in [-0.15, -0.1) is 0 Å². The average molecular weight is 349 g/mol. The summed E-state index contributed by atoms with van der Waals surface area (Å²) in [5, 5.41) is 2.79. The van der Waals surface area contributed by atoms with E-state index in [1.807, 2.05) is 49.4 Å². The van der Waals surface area contributed by atoms with Crippen LogP contribution in [0.5, 0.6) is 5.75 Å². The van der Waals surface area contributed by atoms with Crippen molar-refractivity contribution in [3.63, 3.8) is 0 Å². The molecule has 0 aliphatic carbocycles. The van der Waals surface area contributed by atoms with Crippen LogP contribution in [0.25, 0.3) is 21.7 Å². The molecule has 2 aromatic carbocycles. The summed E-state index contributed by atoms with van der Waals surface area (Å²) in [5.41, 5.74) is 4.57. The summed E-state index contributed by atoms with van der Waals surface area (Å²) < 4.78 is 13.2. The summed E-state index contributed by atoms with van der Waals surface area (Å²) in [6.07, 6.45) is 1.64. The van der Waals surface area contributed by atoms with Crippen LogP contribution >= 0.6 is 0 Å². The van der Waals surface area contributed by atoms with Gasteiger partial charge >= 0.3 is 0 Å². The fourth-order valence-electron chi connectivity index (χ4n) is 3.59. The van der Waals surface area contributed by atoms with Crippen LogP contribution in [0.3, 0.4) is 0 Å². The minimum atomic E-state index is -0.331. The first-order valence-corrected chi connectivity index (χ1v) is 8.27. The van der Waals surface area contributed by atoms with E-state index in [9.17, 15) is 4.79 Å². The second kappa shape index (κ2) is 6.24. The van der Waals surface area contributed by atoms with Gasteiger partial charge in [0.2, 0.25) is 0 Å². The van der Waals surface area contributed by atoms with Gasteiger partial charge in [0, 0.05) is 21.9 Å². The molecule has 0 spiro atoms. The third kappa shape index (κ3) is 2.34. The van der Waals surface area contributed by atoms with Crippen molar-refractivity contribution >= 4 is 27.6 Å². The van der Waals surface area contributed by atoms with Crippen molar-refractivity contribution in [1.82, 2.24) is 9.99 Å². The number of hydrogen-bond acceptors (Lipinski definition) is 4. The smallest absolute Gasteiger partial charge is 0.267 e. The highest BCUT2D eigenvalue weighted by Crippen LogP contribution is 2.38. The fraction of sp³-hybridized carbons (Fsp3) is 0.150. The molecule has 132 valence electrons. The number of hydrogen-bond donors (Lipinski definition) is 2. The van der Waals surface area contributed by atoms with Crippen LogP contribution < -0.4 is 16.0 Å². The van der Waals surface area contributed by atoms with Gasteiger partial charge in [0.15, 0.2) is 0 Å². The molecule has 0 bridgehead atoms. The van der Waals surface area contributed by atoms with Crippen LogP contribution in [0.15, 0.2) is 53.1 Å². The number of ether oxygens (including phenoxy) is 1. The van der Waals surface area contributed by atoms with E-state index in [-0.39, 0.29) is 5.91 Å². The number of nitrogens with two attached hydrogens (primary N) is 1. The van der Waals surface area contributed by atoms with Gasteiger partial charge in [0.05, 0.1) is 31.0 Å². The maximum atomic E-state index is 12.5. The second-order valence-corrected chi connectivity index (χ2v) is 6.12. The molecule has 0 fully saturated rings. The number of aromatic nitrogens is 1. The molecule has 0 atom stereocenters. The normalized spacial score (nSPS) is 11.2. The van der Waals surface area contributed by atoms with Crippen molar-refractivity contribution in [2.45, 2.75) is 13.5 Å². The van der Waals surface area contributed by atoms with Crippen molar-refractivity contribution in [1.29, 1.82) is 0 Å². The summed E-state index contributed by atoms with van der Waals surface area (Å²) in [7, 11) is 1.63.